The van der Waals surface area contributed by atoms with Crippen LogP contribution in [0.1, 0.15) is 28.9 Å². The van der Waals surface area contributed by atoms with E-state index in [0.29, 0.717) is 19.4 Å². The molecule has 0 aliphatic carbocycles. The third-order valence-corrected chi connectivity index (χ3v) is 6.84. The summed E-state index contributed by atoms with van der Waals surface area (Å²) >= 11 is 1.44. The molecule has 0 unspecified atom stereocenters. The average Bonchev–Trinajstić information content (AvgIpc) is 3.35. The summed E-state index contributed by atoms with van der Waals surface area (Å²) in [5.41, 5.74) is 4.60. The monoisotopic (exact) mass is 429 g/mol. The van der Waals surface area contributed by atoms with Crippen molar-refractivity contribution in [3.63, 3.8) is 0 Å². The van der Waals surface area contributed by atoms with Gasteiger partial charge in [0.05, 0.1) is 12.3 Å². The first-order chi connectivity index (χ1) is 15.1. The number of ether oxygens (including phenoxy) is 1. The second-order valence-electron chi connectivity index (χ2n) is 7.90. The summed E-state index contributed by atoms with van der Waals surface area (Å²) in [6.07, 6.45) is 1.35. The van der Waals surface area contributed by atoms with Gasteiger partial charge >= 0.3 is 5.97 Å². The standard InChI is InChI=1S/C25H23N3O2S/c1-16-10-11-21(17(2)14-16)28-23(26-27-25(28)31-22-12-13-30-24(22)29)15-19-8-5-7-18-6-3-4-9-20(18)19/h3-11,14,22H,12-13,15H2,1-2H3/t22-/m1/s1. The molecule has 0 bridgehead atoms. The minimum absolute atomic E-state index is 0.171. The minimum Gasteiger partial charge on any atom is -0.465 e. The SMILES string of the molecule is Cc1ccc(-n2c(Cc3cccc4ccccc34)nnc2S[C@@H]2CCOC2=O)c(C)c1. The summed E-state index contributed by atoms with van der Waals surface area (Å²) < 4.78 is 7.26. The Morgan fingerprint density at radius 3 is 2.71 bits per heavy atom. The van der Waals surface area contributed by atoms with Gasteiger partial charge in [0.25, 0.3) is 0 Å². The Kier molecular flexibility index (Phi) is 5.24. The molecule has 1 fully saturated rings. The normalized spacial score (nSPS) is 16.1. The number of carbonyl (C=O) groups is 1. The predicted octanol–water partition coefficient (Wildman–Crippen LogP) is 5.04. The zero-order valence-electron chi connectivity index (χ0n) is 17.5. The van der Waals surface area contributed by atoms with Crippen molar-refractivity contribution in [2.75, 3.05) is 6.61 Å². The summed E-state index contributed by atoms with van der Waals surface area (Å²) in [5, 5.41) is 12.0. The Morgan fingerprint density at radius 1 is 1.06 bits per heavy atom. The summed E-state index contributed by atoms with van der Waals surface area (Å²) in [5.74, 6) is 0.688. The highest BCUT2D eigenvalue weighted by molar-refractivity contribution is 8.00. The van der Waals surface area contributed by atoms with Gasteiger partial charge in [-0.2, -0.15) is 0 Å². The van der Waals surface area contributed by atoms with Gasteiger partial charge in [-0.15, -0.1) is 10.2 Å². The maximum absolute atomic E-state index is 12.1. The quantitative estimate of drug-likeness (QED) is 0.416. The number of cyclic esters (lactones) is 1. The van der Waals surface area contributed by atoms with Crippen LogP contribution in [0, 0.1) is 13.8 Å². The predicted molar refractivity (Wildman–Crippen MR) is 123 cm³/mol. The Balaban J connectivity index is 1.60. The number of hydrogen-bond acceptors (Lipinski definition) is 5. The van der Waals surface area contributed by atoms with E-state index in [-0.39, 0.29) is 11.2 Å². The Bertz CT molecular complexity index is 1280. The molecular weight excluding hydrogens is 406 g/mol. The van der Waals surface area contributed by atoms with Crippen LogP contribution < -0.4 is 0 Å². The molecule has 6 heteroatoms. The van der Waals surface area contributed by atoms with Crippen molar-refractivity contribution in [2.45, 2.75) is 37.1 Å². The van der Waals surface area contributed by atoms with Gasteiger partial charge in [-0.3, -0.25) is 9.36 Å². The van der Waals surface area contributed by atoms with Crippen LogP contribution in [-0.4, -0.2) is 32.6 Å². The zero-order valence-corrected chi connectivity index (χ0v) is 18.4. The lowest BCUT2D eigenvalue weighted by atomic mass is 10.0. The summed E-state index contributed by atoms with van der Waals surface area (Å²) in [7, 11) is 0. The average molecular weight is 430 g/mol. The molecule has 1 aliphatic heterocycles. The first kappa shape index (κ1) is 19.8. The number of nitrogens with zero attached hydrogens (tertiary/aromatic N) is 3. The molecule has 5 rings (SSSR count). The van der Waals surface area contributed by atoms with Crippen molar-refractivity contribution in [3.8, 4) is 5.69 Å². The molecule has 0 N–H and O–H groups in total. The molecule has 1 aromatic heterocycles. The van der Waals surface area contributed by atoms with Gasteiger partial charge in [0.2, 0.25) is 0 Å². The van der Waals surface area contributed by atoms with Gasteiger partial charge in [0.1, 0.15) is 11.1 Å². The van der Waals surface area contributed by atoms with Crippen LogP contribution in [0.15, 0.2) is 65.8 Å². The number of benzene rings is 3. The highest BCUT2D eigenvalue weighted by Crippen LogP contribution is 2.32. The van der Waals surface area contributed by atoms with Crippen LogP contribution in [0.5, 0.6) is 0 Å². The lowest BCUT2D eigenvalue weighted by molar-refractivity contribution is -0.137. The van der Waals surface area contributed by atoms with Crippen molar-refractivity contribution >= 4 is 28.5 Å². The topological polar surface area (TPSA) is 57.0 Å². The van der Waals surface area contributed by atoms with Crippen molar-refractivity contribution in [2.24, 2.45) is 0 Å². The number of aryl methyl sites for hydroxylation is 2. The fourth-order valence-electron chi connectivity index (χ4n) is 4.12. The number of hydrogen-bond donors (Lipinski definition) is 0. The van der Waals surface area contributed by atoms with Crippen LogP contribution in [0.4, 0.5) is 0 Å². The van der Waals surface area contributed by atoms with Gasteiger partial charge in [-0.05, 0) is 41.8 Å². The van der Waals surface area contributed by atoms with E-state index in [0.717, 1.165) is 22.2 Å². The van der Waals surface area contributed by atoms with Crippen molar-refractivity contribution in [1.29, 1.82) is 0 Å². The highest BCUT2D eigenvalue weighted by Gasteiger charge is 2.30. The molecule has 1 aliphatic rings. The second-order valence-corrected chi connectivity index (χ2v) is 9.07. The molecule has 0 spiro atoms. The van der Waals surface area contributed by atoms with Crippen LogP contribution in [-0.2, 0) is 16.0 Å². The lowest BCUT2D eigenvalue weighted by Crippen LogP contribution is -2.12. The second kappa shape index (κ2) is 8.19. The van der Waals surface area contributed by atoms with Crippen molar-refractivity contribution < 1.29 is 9.53 Å². The molecule has 3 aromatic carbocycles. The van der Waals surface area contributed by atoms with Crippen molar-refractivity contribution in [1.82, 2.24) is 14.8 Å². The van der Waals surface area contributed by atoms with Crippen LogP contribution in [0.3, 0.4) is 0 Å². The third kappa shape index (κ3) is 3.83. The summed E-state index contributed by atoms with van der Waals surface area (Å²) in [6, 6.07) is 21.1. The maximum Gasteiger partial charge on any atom is 0.319 e. The largest absolute Gasteiger partial charge is 0.465 e. The van der Waals surface area contributed by atoms with E-state index in [9.17, 15) is 4.79 Å². The van der Waals surface area contributed by atoms with Gasteiger partial charge in [-0.1, -0.05) is 71.9 Å². The first-order valence-electron chi connectivity index (χ1n) is 10.4. The fraction of sp³-hybridized carbons (Fsp3) is 0.240. The van der Waals surface area contributed by atoms with Crippen LogP contribution >= 0.6 is 11.8 Å². The molecule has 31 heavy (non-hydrogen) atoms. The summed E-state index contributed by atoms with van der Waals surface area (Å²) in [6.45, 7) is 4.66. The number of fused-ring (bicyclic) bond motifs is 1. The molecule has 4 aromatic rings. The third-order valence-electron chi connectivity index (χ3n) is 5.66. The molecule has 1 atom stereocenters. The van der Waals surface area contributed by atoms with E-state index in [4.69, 9.17) is 4.74 Å². The molecule has 5 nitrogen and oxygen atoms in total. The van der Waals surface area contributed by atoms with Crippen LogP contribution in [0.25, 0.3) is 16.5 Å². The number of carbonyl (C=O) groups excluding carboxylic acids is 1. The minimum atomic E-state index is -0.237. The molecular formula is C25H23N3O2S. The Morgan fingerprint density at radius 2 is 1.90 bits per heavy atom. The molecule has 0 radical (unpaired) electrons. The van der Waals surface area contributed by atoms with E-state index < -0.39 is 0 Å². The number of esters is 1. The summed E-state index contributed by atoms with van der Waals surface area (Å²) in [4.78, 5) is 12.1. The molecule has 0 amide bonds. The fourth-order valence-corrected chi connectivity index (χ4v) is 5.15. The lowest BCUT2D eigenvalue weighted by Gasteiger charge is -2.15. The van der Waals surface area contributed by atoms with Gasteiger partial charge in [0, 0.05) is 12.8 Å². The zero-order chi connectivity index (χ0) is 21.4. The smallest absolute Gasteiger partial charge is 0.319 e. The van der Waals surface area contributed by atoms with Gasteiger partial charge < -0.3 is 4.74 Å². The molecule has 156 valence electrons. The first-order valence-corrected chi connectivity index (χ1v) is 11.3. The highest BCUT2D eigenvalue weighted by atomic mass is 32.2. The maximum atomic E-state index is 12.1. The van der Waals surface area contributed by atoms with E-state index >= 15 is 0 Å². The number of rotatable bonds is 5. The van der Waals surface area contributed by atoms with Gasteiger partial charge in [0.15, 0.2) is 5.16 Å². The number of thioether (sulfide) groups is 1. The van der Waals surface area contributed by atoms with E-state index in [1.807, 2.05) is 0 Å². The van der Waals surface area contributed by atoms with E-state index in [1.54, 1.807) is 0 Å². The van der Waals surface area contributed by atoms with E-state index in [1.165, 1.54) is 33.7 Å². The van der Waals surface area contributed by atoms with Gasteiger partial charge in [-0.25, -0.2) is 0 Å². The van der Waals surface area contributed by atoms with Crippen molar-refractivity contribution in [3.05, 3.63) is 83.2 Å². The van der Waals surface area contributed by atoms with Crippen LogP contribution in [0.2, 0.25) is 0 Å². The molecule has 0 saturated carbocycles. The number of aromatic nitrogens is 3. The molecule has 2 heterocycles. The Hall–Kier alpha value is -3.12. The Labute approximate surface area is 185 Å². The molecule has 1 saturated heterocycles. The van der Waals surface area contributed by atoms with E-state index in [2.05, 4.69) is 89.3 Å².